The lowest BCUT2D eigenvalue weighted by molar-refractivity contribution is -0.121. The molecule has 2 amide bonds. The number of benzene rings is 1. The number of hydrogen-bond acceptors (Lipinski definition) is 4. The Morgan fingerprint density at radius 3 is 2.65 bits per heavy atom. The van der Waals surface area contributed by atoms with Crippen molar-refractivity contribution < 1.29 is 14.3 Å². The van der Waals surface area contributed by atoms with Crippen LogP contribution in [0.25, 0.3) is 0 Å². The molecule has 0 aliphatic carbocycles. The Morgan fingerprint density at radius 2 is 1.96 bits per heavy atom. The zero-order valence-electron chi connectivity index (χ0n) is 15.9. The monoisotopic (exact) mass is 359 g/mol. The summed E-state index contributed by atoms with van der Waals surface area (Å²) in [6.45, 7) is 8.13. The number of fused-ring (bicyclic) bond motifs is 1. The molecule has 1 aromatic carbocycles. The number of ether oxygens (including phenoxy) is 1. The van der Waals surface area contributed by atoms with Gasteiger partial charge in [-0.2, -0.15) is 0 Å². The first-order valence-corrected chi connectivity index (χ1v) is 9.43. The van der Waals surface area contributed by atoms with E-state index in [2.05, 4.69) is 10.6 Å². The Morgan fingerprint density at radius 1 is 1.27 bits per heavy atom. The summed E-state index contributed by atoms with van der Waals surface area (Å²) < 4.78 is 5.33. The molecule has 142 valence electrons. The standard InChI is InChI=1S/C20H29N3O3/c1-20(2,3)26-19(25)22-16-12-15-6-4-5-7-17(15)23(18(16)24)13-14-8-10-21-11-9-14/h4-7,14,16,21H,8-13H2,1-3H3,(H,22,25)/t16-/m1/s1. The van der Waals surface area contributed by atoms with Gasteiger partial charge in [-0.15, -0.1) is 0 Å². The van der Waals surface area contributed by atoms with Crippen LogP contribution in [-0.4, -0.2) is 43.3 Å². The van der Waals surface area contributed by atoms with Gasteiger partial charge in [0.05, 0.1) is 0 Å². The first-order valence-electron chi connectivity index (χ1n) is 9.43. The summed E-state index contributed by atoms with van der Waals surface area (Å²) >= 11 is 0. The topological polar surface area (TPSA) is 70.7 Å². The number of nitrogens with zero attached hydrogens (tertiary/aromatic N) is 1. The first-order chi connectivity index (χ1) is 12.3. The second kappa shape index (κ2) is 7.66. The van der Waals surface area contributed by atoms with E-state index < -0.39 is 17.7 Å². The van der Waals surface area contributed by atoms with E-state index >= 15 is 0 Å². The van der Waals surface area contributed by atoms with Gasteiger partial charge < -0.3 is 20.3 Å². The number of hydrogen-bond donors (Lipinski definition) is 2. The van der Waals surface area contributed by atoms with Crippen molar-refractivity contribution in [2.75, 3.05) is 24.5 Å². The van der Waals surface area contributed by atoms with Crippen LogP contribution in [0, 0.1) is 5.92 Å². The van der Waals surface area contributed by atoms with Crippen LogP contribution in [0.4, 0.5) is 10.5 Å². The van der Waals surface area contributed by atoms with E-state index in [1.165, 1.54) is 0 Å². The number of alkyl carbamates (subject to hydrolysis) is 1. The van der Waals surface area contributed by atoms with E-state index in [1.807, 2.05) is 49.9 Å². The average molecular weight is 359 g/mol. The van der Waals surface area contributed by atoms with Crippen LogP contribution in [0.15, 0.2) is 24.3 Å². The molecule has 0 saturated carbocycles. The third kappa shape index (κ3) is 4.55. The molecule has 0 radical (unpaired) electrons. The van der Waals surface area contributed by atoms with Gasteiger partial charge in [0.25, 0.3) is 0 Å². The van der Waals surface area contributed by atoms with Crippen molar-refractivity contribution in [3.63, 3.8) is 0 Å². The van der Waals surface area contributed by atoms with E-state index in [-0.39, 0.29) is 5.91 Å². The molecule has 2 heterocycles. The van der Waals surface area contributed by atoms with Crippen molar-refractivity contribution in [1.82, 2.24) is 10.6 Å². The fourth-order valence-electron chi connectivity index (χ4n) is 3.63. The Hall–Kier alpha value is -2.08. The van der Waals surface area contributed by atoms with Crippen LogP contribution in [0.5, 0.6) is 0 Å². The fraction of sp³-hybridized carbons (Fsp3) is 0.600. The predicted molar refractivity (Wildman–Crippen MR) is 101 cm³/mol. The van der Waals surface area contributed by atoms with Gasteiger partial charge in [0.1, 0.15) is 11.6 Å². The average Bonchev–Trinajstić information content (AvgIpc) is 2.58. The van der Waals surface area contributed by atoms with Crippen molar-refractivity contribution in [3.8, 4) is 0 Å². The van der Waals surface area contributed by atoms with Crippen LogP contribution in [0.2, 0.25) is 0 Å². The summed E-state index contributed by atoms with van der Waals surface area (Å²) in [4.78, 5) is 27.1. The van der Waals surface area contributed by atoms with Gasteiger partial charge in [0.2, 0.25) is 5.91 Å². The van der Waals surface area contributed by atoms with Crippen LogP contribution in [0.1, 0.15) is 39.2 Å². The van der Waals surface area contributed by atoms with Gasteiger partial charge in [0, 0.05) is 18.7 Å². The number of rotatable bonds is 3. The SMILES string of the molecule is CC(C)(C)OC(=O)N[C@@H]1Cc2ccccc2N(CC2CCNCC2)C1=O. The number of para-hydroxylation sites is 1. The zero-order valence-corrected chi connectivity index (χ0v) is 15.9. The number of nitrogens with one attached hydrogen (secondary N) is 2. The number of carbonyl (C=O) groups excluding carboxylic acids is 2. The van der Waals surface area contributed by atoms with E-state index in [1.54, 1.807) is 0 Å². The normalized spacial score (nSPS) is 21.3. The third-order valence-corrected chi connectivity index (χ3v) is 4.86. The highest BCUT2D eigenvalue weighted by atomic mass is 16.6. The van der Waals surface area contributed by atoms with Crippen molar-refractivity contribution in [3.05, 3.63) is 29.8 Å². The number of piperidine rings is 1. The zero-order chi connectivity index (χ0) is 18.7. The number of anilines is 1. The number of amides is 2. The molecule has 2 aliphatic rings. The summed E-state index contributed by atoms with van der Waals surface area (Å²) in [6, 6.07) is 7.38. The van der Waals surface area contributed by atoms with E-state index in [9.17, 15) is 9.59 Å². The summed E-state index contributed by atoms with van der Waals surface area (Å²) in [5.41, 5.74) is 1.47. The molecular formula is C20H29N3O3. The first kappa shape index (κ1) is 18.7. The lowest BCUT2D eigenvalue weighted by atomic mass is 9.93. The van der Waals surface area contributed by atoms with Crippen molar-refractivity contribution in [2.24, 2.45) is 5.92 Å². The Kier molecular flexibility index (Phi) is 5.51. The lowest BCUT2D eigenvalue weighted by Gasteiger charge is -2.37. The molecule has 2 N–H and O–H groups in total. The molecule has 0 unspecified atom stereocenters. The molecule has 0 spiro atoms. The highest BCUT2D eigenvalue weighted by Crippen LogP contribution is 2.30. The molecule has 1 aromatic rings. The Balaban J connectivity index is 1.76. The second-order valence-corrected chi connectivity index (χ2v) is 8.17. The molecule has 1 saturated heterocycles. The molecule has 0 aromatic heterocycles. The van der Waals surface area contributed by atoms with Gasteiger partial charge in [0.15, 0.2) is 0 Å². The maximum Gasteiger partial charge on any atom is 0.408 e. The summed E-state index contributed by atoms with van der Waals surface area (Å²) in [5, 5.41) is 6.13. The summed E-state index contributed by atoms with van der Waals surface area (Å²) in [6.07, 6.45) is 2.08. The minimum atomic E-state index is -0.589. The minimum Gasteiger partial charge on any atom is -0.444 e. The predicted octanol–water partition coefficient (Wildman–Crippen LogP) is 2.47. The van der Waals surface area contributed by atoms with Crippen LogP contribution in [0.3, 0.4) is 0 Å². The second-order valence-electron chi connectivity index (χ2n) is 8.17. The summed E-state index contributed by atoms with van der Waals surface area (Å²) in [7, 11) is 0. The van der Waals surface area contributed by atoms with Crippen molar-refractivity contribution >= 4 is 17.7 Å². The van der Waals surface area contributed by atoms with Crippen molar-refractivity contribution in [2.45, 2.75) is 51.7 Å². The highest BCUT2D eigenvalue weighted by molar-refractivity contribution is 6.01. The van der Waals surface area contributed by atoms with Gasteiger partial charge in [-0.1, -0.05) is 18.2 Å². The van der Waals surface area contributed by atoms with E-state index in [4.69, 9.17) is 4.74 Å². The van der Waals surface area contributed by atoms with Crippen molar-refractivity contribution in [1.29, 1.82) is 0 Å². The van der Waals surface area contributed by atoms with E-state index in [0.29, 0.717) is 18.9 Å². The maximum atomic E-state index is 13.1. The largest absolute Gasteiger partial charge is 0.444 e. The summed E-state index contributed by atoms with van der Waals surface area (Å²) in [5.74, 6) is 0.432. The lowest BCUT2D eigenvalue weighted by Crippen LogP contribution is -2.55. The van der Waals surface area contributed by atoms with Crippen LogP contribution in [-0.2, 0) is 16.0 Å². The van der Waals surface area contributed by atoms with Crippen LogP contribution < -0.4 is 15.5 Å². The smallest absolute Gasteiger partial charge is 0.408 e. The van der Waals surface area contributed by atoms with Gasteiger partial charge in [-0.3, -0.25) is 4.79 Å². The Labute approximate surface area is 155 Å². The molecule has 0 bridgehead atoms. The Bertz CT molecular complexity index is 663. The van der Waals surface area contributed by atoms with Gasteiger partial charge in [-0.05, 0) is 64.3 Å². The minimum absolute atomic E-state index is 0.0481. The molecule has 26 heavy (non-hydrogen) atoms. The molecule has 1 fully saturated rings. The third-order valence-electron chi connectivity index (χ3n) is 4.86. The quantitative estimate of drug-likeness (QED) is 0.870. The molecular weight excluding hydrogens is 330 g/mol. The molecule has 6 nitrogen and oxygen atoms in total. The van der Waals surface area contributed by atoms with Crippen LogP contribution >= 0.6 is 0 Å². The molecule has 6 heteroatoms. The fourth-order valence-corrected chi connectivity index (χ4v) is 3.63. The maximum absolute atomic E-state index is 13.1. The number of carbonyl (C=O) groups is 2. The molecule has 1 atom stereocenters. The highest BCUT2D eigenvalue weighted by Gasteiger charge is 2.35. The van der Waals surface area contributed by atoms with Gasteiger partial charge in [-0.25, -0.2) is 4.79 Å². The van der Waals surface area contributed by atoms with E-state index in [0.717, 1.165) is 37.2 Å². The molecule has 3 rings (SSSR count). The van der Waals surface area contributed by atoms with Gasteiger partial charge >= 0.3 is 6.09 Å². The molecule has 2 aliphatic heterocycles.